The summed E-state index contributed by atoms with van der Waals surface area (Å²) in [7, 11) is 1.62. The Morgan fingerprint density at radius 1 is 1.20 bits per heavy atom. The second-order valence-corrected chi connectivity index (χ2v) is 7.14. The van der Waals surface area contributed by atoms with Crippen LogP contribution < -0.4 is 14.8 Å². The average Bonchev–Trinajstić information content (AvgIpc) is 3.15. The van der Waals surface area contributed by atoms with E-state index >= 15 is 0 Å². The van der Waals surface area contributed by atoms with Crippen molar-refractivity contribution in [3.05, 3.63) is 23.8 Å². The quantitative estimate of drug-likeness (QED) is 0.726. The van der Waals surface area contributed by atoms with Gasteiger partial charge in [0.2, 0.25) is 5.91 Å². The van der Waals surface area contributed by atoms with Crippen molar-refractivity contribution < 1.29 is 24.5 Å². The van der Waals surface area contributed by atoms with Crippen LogP contribution in [-0.4, -0.2) is 49.1 Å². The number of aliphatic hydroxyl groups is 2. The molecule has 0 bridgehead atoms. The summed E-state index contributed by atoms with van der Waals surface area (Å²) < 4.78 is 11.6. The van der Waals surface area contributed by atoms with Crippen LogP contribution >= 0.6 is 0 Å². The van der Waals surface area contributed by atoms with Gasteiger partial charge in [0, 0.05) is 12.5 Å². The first-order chi connectivity index (χ1) is 12.1. The molecule has 25 heavy (non-hydrogen) atoms. The van der Waals surface area contributed by atoms with E-state index in [0.717, 1.165) is 24.2 Å². The minimum atomic E-state index is -1.13. The first-order valence-electron chi connectivity index (χ1n) is 8.96. The molecule has 1 aromatic carbocycles. The molecule has 138 valence electrons. The van der Waals surface area contributed by atoms with Gasteiger partial charge in [0.25, 0.3) is 0 Å². The summed E-state index contributed by atoms with van der Waals surface area (Å²) in [5.74, 6) is 1.15. The minimum absolute atomic E-state index is 0.00818. The first kappa shape index (κ1) is 18.0. The number of piperidine rings is 1. The summed E-state index contributed by atoms with van der Waals surface area (Å²) in [6, 6.07) is 5.82. The van der Waals surface area contributed by atoms with E-state index in [4.69, 9.17) is 9.47 Å². The van der Waals surface area contributed by atoms with Gasteiger partial charge in [-0.25, -0.2) is 0 Å². The Bertz CT molecular complexity index is 608. The van der Waals surface area contributed by atoms with Gasteiger partial charge in [-0.1, -0.05) is 6.07 Å². The maximum atomic E-state index is 12.1. The highest BCUT2D eigenvalue weighted by Crippen LogP contribution is 2.39. The average molecular weight is 349 g/mol. The number of aliphatic hydroxyl groups excluding tert-OH is 2. The minimum Gasteiger partial charge on any atom is -0.493 e. The van der Waals surface area contributed by atoms with E-state index in [1.165, 1.54) is 12.8 Å². The lowest BCUT2D eigenvalue weighted by Crippen LogP contribution is -2.52. The third-order valence-corrected chi connectivity index (χ3v) is 5.49. The number of ether oxygens (including phenoxy) is 2. The number of rotatable bonds is 6. The molecule has 1 atom stereocenters. The van der Waals surface area contributed by atoms with Crippen molar-refractivity contribution in [3.63, 3.8) is 0 Å². The predicted octanol–water partition coefficient (Wildman–Crippen LogP) is 1.59. The number of hydrogen-bond acceptors (Lipinski definition) is 5. The van der Waals surface area contributed by atoms with Crippen molar-refractivity contribution in [1.29, 1.82) is 0 Å². The van der Waals surface area contributed by atoms with E-state index in [1.54, 1.807) is 7.11 Å². The lowest BCUT2D eigenvalue weighted by atomic mass is 9.74. The van der Waals surface area contributed by atoms with E-state index in [1.807, 2.05) is 18.2 Å². The zero-order valence-electron chi connectivity index (χ0n) is 14.7. The van der Waals surface area contributed by atoms with Crippen LogP contribution in [0.2, 0.25) is 0 Å². The summed E-state index contributed by atoms with van der Waals surface area (Å²) in [4.78, 5) is 12.1. The molecule has 1 amide bonds. The third kappa shape index (κ3) is 3.60. The highest BCUT2D eigenvalue weighted by Gasteiger charge is 2.43. The molecule has 0 unspecified atom stereocenters. The molecule has 2 aliphatic rings. The summed E-state index contributed by atoms with van der Waals surface area (Å²) >= 11 is 0. The normalized spacial score (nSPS) is 23.3. The molecule has 0 spiro atoms. The monoisotopic (exact) mass is 349 g/mol. The summed E-state index contributed by atoms with van der Waals surface area (Å²) in [5, 5.41) is 22.1. The van der Waals surface area contributed by atoms with Crippen molar-refractivity contribution in [2.45, 2.75) is 44.1 Å². The van der Waals surface area contributed by atoms with Gasteiger partial charge in [0.1, 0.15) is 0 Å². The number of methoxy groups -OCH3 is 1. The molecule has 6 heteroatoms. The Labute approximate surface area is 148 Å². The second kappa shape index (κ2) is 7.62. The largest absolute Gasteiger partial charge is 0.493 e. The van der Waals surface area contributed by atoms with Crippen LogP contribution in [0.1, 0.15) is 43.6 Å². The Balaban J connectivity index is 1.83. The van der Waals surface area contributed by atoms with E-state index < -0.39 is 5.41 Å². The molecule has 6 nitrogen and oxygen atoms in total. The molecule has 1 aromatic rings. The molecular formula is C19H27NO5. The number of nitrogens with one attached hydrogen (secondary N) is 1. The molecule has 3 rings (SSSR count). The van der Waals surface area contributed by atoms with E-state index in [9.17, 15) is 15.0 Å². The van der Waals surface area contributed by atoms with Gasteiger partial charge < -0.3 is 25.0 Å². The highest BCUT2D eigenvalue weighted by molar-refractivity contribution is 5.84. The van der Waals surface area contributed by atoms with Crippen LogP contribution in [0.5, 0.6) is 11.5 Å². The summed E-state index contributed by atoms with van der Waals surface area (Å²) in [6.07, 6.45) is 5.13. The molecule has 1 saturated heterocycles. The number of carbonyl (C=O) groups is 1. The van der Waals surface area contributed by atoms with Crippen molar-refractivity contribution in [3.8, 4) is 11.5 Å². The lowest BCUT2D eigenvalue weighted by Gasteiger charge is -2.37. The van der Waals surface area contributed by atoms with Gasteiger partial charge >= 0.3 is 0 Å². The van der Waals surface area contributed by atoms with Crippen molar-refractivity contribution >= 4 is 5.91 Å². The molecule has 0 aromatic heterocycles. The van der Waals surface area contributed by atoms with E-state index in [0.29, 0.717) is 18.7 Å². The number of carbonyl (C=O) groups excluding carboxylic acids is 1. The van der Waals surface area contributed by atoms with Crippen LogP contribution in [0.4, 0.5) is 0 Å². The Morgan fingerprint density at radius 3 is 2.56 bits per heavy atom. The molecule has 1 heterocycles. The van der Waals surface area contributed by atoms with Crippen LogP contribution in [-0.2, 0) is 4.79 Å². The van der Waals surface area contributed by atoms with Gasteiger partial charge in [-0.3, -0.25) is 4.79 Å². The summed E-state index contributed by atoms with van der Waals surface area (Å²) in [5.41, 5.74) is -0.116. The van der Waals surface area contributed by atoms with E-state index in [2.05, 4.69) is 5.32 Å². The maximum absolute atomic E-state index is 12.1. The highest BCUT2D eigenvalue weighted by atomic mass is 16.5. The van der Waals surface area contributed by atoms with Crippen LogP contribution in [0, 0.1) is 5.41 Å². The lowest BCUT2D eigenvalue weighted by molar-refractivity contribution is -0.140. The fourth-order valence-corrected chi connectivity index (χ4v) is 3.82. The topological polar surface area (TPSA) is 88.0 Å². The summed E-state index contributed by atoms with van der Waals surface area (Å²) in [6.45, 7) is -0.253. The van der Waals surface area contributed by atoms with Gasteiger partial charge in [0.05, 0.1) is 31.8 Å². The molecule has 1 saturated carbocycles. The number of benzene rings is 1. The van der Waals surface area contributed by atoms with Gasteiger partial charge in [-0.15, -0.1) is 0 Å². The van der Waals surface area contributed by atoms with E-state index in [-0.39, 0.29) is 31.1 Å². The smallest absolute Gasteiger partial charge is 0.230 e. The molecule has 2 fully saturated rings. The molecule has 3 N–H and O–H groups in total. The molecule has 0 radical (unpaired) electrons. The van der Waals surface area contributed by atoms with Crippen molar-refractivity contribution in [2.24, 2.45) is 5.41 Å². The fraction of sp³-hybridized carbons (Fsp3) is 0.632. The van der Waals surface area contributed by atoms with Gasteiger partial charge in [0.15, 0.2) is 11.5 Å². The van der Waals surface area contributed by atoms with Gasteiger partial charge in [-0.05, 0) is 49.8 Å². The number of hydrogen-bond donors (Lipinski definition) is 3. The Hall–Kier alpha value is -1.79. The zero-order chi connectivity index (χ0) is 17.9. The number of amides is 1. The Morgan fingerprint density at radius 2 is 1.92 bits per heavy atom. The standard InChI is InChI=1S/C19H27NO5/c1-24-16-7-6-13(8-17(16)25-15-4-2-3-5-15)14-9-19(11-21,12-22)18(23)20-10-14/h6-8,14-15,21-22H,2-5,9-12H2,1H3,(H,20,23)/t14-/m1/s1. The zero-order valence-corrected chi connectivity index (χ0v) is 14.7. The molecule has 1 aliphatic carbocycles. The fourth-order valence-electron chi connectivity index (χ4n) is 3.82. The first-order valence-corrected chi connectivity index (χ1v) is 8.96. The van der Waals surface area contributed by atoms with Crippen LogP contribution in [0.25, 0.3) is 0 Å². The maximum Gasteiger partial charge on any atom is 0.230 e. The molecule has 1 aliphatic heterocycles. The van der Waals surface area contributed by atoms with Crippen molar-refractivity contribution in [2.75, 3.05) is 26.9 Å². The Kier molecular flexibility index (Phi) is 5.49. The van der Waals surface area contributed by atoms with Gasteiger partial charge in [-0.2, -0.15) is 0 Å². The van der Waals surface area contributed by atoms with Crippen LogP contribution in [0.15, 0.2) is 18.2 Å². The predicted molar refractivity (Wildman–Crippen MR) is 92.9 cm³/mol. The van der Waals surface area contributed by atoms with Crippen LogP contribution in [0.3, 0.4) is 0 Å². The molecular weight excluding hydrogens is 322 g/mol. The second-order valence-electron chi connectivity index (χ2n) is 7.14. The third-order valence-electron chi connectivity index (χ3n) is 5.49. The SMILES string of the molecule is COc1ccc([C@H]2CNC(=O)C(CO)(CO)C2)cc1OC1CCCC1. The van der Waals surface area contributed by atoms with Crippen molar-refractivity contribution in [1.82, 2.24) is 5.32 Å².